The molecule has 2 rings (SSSR count). The third-order valence-electron chi connectivity index (χ3n) is 2.42. The summed E-state index contributed by atoms with van der Waals surface area (Å²) in [6.07, 6.45) is 0. The molecule has 1 heterocycles. The molecule has 0 saturated heterocycles. The Balaban J connectivity index is 2.14. The first-order chi connectivity index (χ1) is 8.81. The zero-order chi connectivity index (χ0) is 12.8. The van der Waals surface area contributed by atoms with Gasteiger partial charge in [0.15, 0.2) is 0 Å². The highest BCUT2D eigenvalue weighted by atomic mass is 32.1. The Morgan fingerprint density at radius 2 is 2.17 bits per heavy atom. The Bertz CT molecular complexity index is 545. The summed E-state index contributed by atoms with van der Waals surface area (Å²) in [5, 5.41) is 10.5. The summed E-state index contributed by atoms with van der Waals surface area (Å²) in [4.78, 5) is 17.6. The maximum atomic E-state index is 12.1. The predicted octanol–water partition coefficient (Wildman–Crippen LogP) is 2.31. The van der Waals surface area contributed by atoms with Gasteiger partial charge in [-0.05, 0) is 5.56 Å². The smallest absolute Gasteiger partial charge is 0.274 e. The van der Waals surface area contributed by atoms with Crippen LogP contribution in [-0.2, 0) is 6.54 Å². The molecule has 0 aliphatic rings. The summed E-state index contributed by atoms with van der Waals surface area (Å²) in [5.41, 5.74) is 3.00. The number of nitrogens with zero attached hydrogens (tertiary/aromatic N) is 3. The number of hydrogen-bond acceptors (Lipinski definition) is 4. The van der Waals surface area contributed by atoms with Gasteiger partial charge >= 0.3 is 0 Å². The van der Waals surface area contributed by atoms with Gasteiger partial charge in [0, 0.05) is 11.9 Å². The average molecular weight is 257 g/mol. The number of nitriles is 1. The van der Waals surface area contributed by atoms with Crippen molar-refractivity contribution in [3.05, 3.63) is 52.5 Å². The van der Waals surface area contributed by atoms with Crippen molar-refractivity contribution in [2.75, 3.05) is 6.54 Å². The first kappa shape index (κ1) is 12.3. The van der Waals surface area contributed by atoms with E-state index >= 15 is 0 Å². The van der Waals surface area contributed by atoms with Crippen LogP contribution < -0.4 is 0 Å². The number of carbonyl (C=O) groups is 1. The third kappa shape index (κ3) is 2.93. The maximum absolute atomic E-state index is 12.1. The van der Waals surface area contributed by atoms with Crippen molar-refractivity contribution in [2.45, 2.75) is 6.54 Å². The lowest BCUT2D eigenvalue weighted by molar-refractivity contribution is 0.0760. The highest BCUT2D eigenvalue weighted by Crippen LogP contribution is 2.10. The van der Waals surface area contributed by atoms with Crippen LogP contribution in [0.4, 0.5) is 0 Å². The fourth-order valence-electron chi connectivity index (χ4n) is 1.57. The van der Waals surface area contributed by atoms with Gasteiger partial charge in [-0.15, -0.1) is 11.3 Å². The van der Waals surface area contributed by atoms with Crippen molar-refractivity contribution in [1.29, 1.82) is 5.26 Å². The van der Waals surface area contributed by atoms with Crippen molar-refractivity contribution in [2.24, 2.45) is 0 Å². The Labute approximate surface area is 109 Å². The van der Waals surface area contributed by atoms with Crippen LogP contribution in [0.15, 0.2) is 41.2 Å². The molecule has 1 aromatic carbocycles. The van der Waals surface area contributed by atoms with Gasteiger partial charge in [-0.1, -0.05) is 30.3 Å². The van der Waals surface area contributed by atoms with E-state index in [0.717, 1.165) is 5.56 Å². The molecule has 0 aliphatic carbocycles. The zero-order valence-corrected chi connectivity index (χ0v) is 10.4. The molecule has 18 heavy (non-hydrogen) atoms. The molecule has 2 aromatic rings. The van der Waals surface area contributed by atoms with E-state index in [1.54, 1.807) is 10.9 Å². The number of hydrogen-bond donors (Lipinski definition) is 0. The average Bonchev–Trinajstić information content (AvgIpc) is 2.92. The molecule has 0 unspecified atom stereocenters. The lowest BCUT2D eigenvalue weighted by Gasteiger charge is -2.18. The van der Waals surface area contributed by atoms with Gasteiger partial charge in [0.1, 0.15) is 12.2 Å². The minimum Gasteiger partial charge on any atom is -0.320 e. The number of aromatic nitrogens is 1. The summed E-state index contributed by atoms with van der Waals surface area (Å²) < 4.78 is 0. The molecular weight excluding hydrogens is 246 g/mol. The van der Waals surface area contributed by atoms with Crippen molar-refractivity contribution in [1.82, 2.24) is 9.88 Å². The molecule has 1 amide bonds. The van der Waals surface area contributed by atoms with E-state index in [4.69, 9.17) is 5.26 Å². The van der Waals surface area contributed by atoms with Crippen LogP contribution in [0.5, 0.6) is 0 Å². The van der Waals surface area contributed by atoms with Gasteiger partial charge < -0.3 is 4.90 Å². The standard InChI is InChI=1S/C13H11N3OS/c14-6-7-16(8-11-4-2-1-3-5-11)13(17)12-9-18-10-15-12/h1-5,9-10H,7-8H2. The monoisotopic (exact) mass is 257 g/mol. The van der Waals surface area contributed by atoms with Crippen molar-refractivity contribution >= 4 is 17.2 Å². The van der Waals surface area contributed by atoms with Crippen molar-refractivity contribution in [3.8, 4) is 6.07 Å². The quantitative estimate of drug-likeness (QED) is 0.790. The first-order valence-electron chi connectivity index (χ1n) is 5.39. The van der Waals surface area contributed by atoms with Gasteiger partial charge in [-0.3, -0.25) is 4.79 Å². The molecule has 0 N–H and O–H groups in total. The fourth-order valence-corrected chi connectivity index (χ4v) is 2.09. The Morgan fingerprint density at radius 3 is 2.78 bits per heavy atom. The van der Waals surface area contributed by atoms with E-state index in [2.05, 4.69) is 4.98 Å². The normalized spacial score (nSPS) is 9.72. The summed E-state index contributed by atoms with van der Waals surface area (Å²) in [7, 11) is 0. The summed E-state index contributed by atoms with van der Waals surface area (Å²) in [6.45, 7) is 0.482. The molecule has 0 radical (unpaired) electrons. The van der Waals surface area contributed by atoms with Crippen molar-refractivity contribution in [3.63, 3.8) is 0 Å². The minimum atomic E-state index is -0.207. The van der Waals surface area contributed by atoms with E-state index in [0.29, 0.717) is 12.2 Å². The van der Waals surface area contributed by atoms with E-state index in [9.17, 15) is 4.79 Å². The van der Waals surface area contributed by atoms with Crippen LogP contribution in [0.1, 0.15) is 16.1 Å². The molecule has 0 atom stereocenters. The van der Waals surface area contributed by atoms with Crippen LogP contribution in [-0.4, -0.2) is 22.3 Å². The second-order valence-electron chi connectivity index (χ2n) is 3.68. The van der Waals surface area contributed by atoms with Crippen LogP contribution in [0.2, 0.25) is 0 Å². The molecule has 0 aliphatic heterocycles. The third-order valence-corrected chi connectivity index (χ3v) is 3.00. The van der Waals surface area contributed by atoms with Gasteiger partial charge in [0.25, 0.3) is 5.91 Å². The van der Waals surface area contributed by atoms with Gasteiger partial charge in [0.2, 0.25) is 0 Å². The molecule has 0 fully saturated rings. The number of thiazole rings is 1. The molecule has 5 heteroatoms. The SMILES string of the molecule is N#CCN(Cc1ccccc1)C(=O)c1cscn1. The van der Waals surface area contributed by atoms with Crippen LogP contribution in [0, 0.1) is 11.3 Å². The van der Waals surface area contributed by atoms with Gasteiger partial charge in [0.05, 0.1) is 11.6 Å². The molecule has 4 nitrogen and oxygen atoms in total. The van der Waals surface area contributed by atoms with E-state index in [-0.39, 0.29) is 12.5 Å². The van der Waals surface area contributed by atoms with Crippen molar-refractivity contribution < 1.29 is 4.79 Å². The number of amides is 1. The van der Waals surface area contributed by atoms with Gasteiger partial charge in [-0.2, -0.15) is 5.26 Å². The zero-order valence-electron chi connectivity index (χ0n) is 9.61. The Hall–Kier alpha value is -2.19. The Kier molecular flexibility index (Phi) is 4.05. The lowest BCUT2D eigenvalue weighted by Crippen LogP contribution is -2.31. The molecule has 0 bridgehead atoms. The first-order valence-corrected chi connectivity index (χ1v) is 6.34. The summed E-state index contributed by atoms with van der Waals surface area (Å²) >= 11 is 1.37. The molecule has 0 spiro atoms. The topological polar surface area (TPSA) is 57.0 Å². The second-order valence-corrected chi connectivity index (χ2v) is 4.40. The fraction of sp³-hybridized carbons (Fsp3) is 0.154. The highest BCUT2D eigenvalue weighted by Gasteiger charge is 2.17. The van der Waals surface area contributed by atoms with E-state index < -0.39 is 0 Å². The van der Waals surface area contributed by atoms with E-state index in [1.165, 1.54) is 16.2 Å². The van der Waals surface area contributed by atoms with E-state index in [1.807, 2.05) is 36.4 Å². The molecular formula is C13H11N3OS. The number of benzene rings is 1. The van der Waals surface area contributed by atoms with Gasteiger partial charge in [-0.25, -0.2) is 4.98 Å². The Morgan fingerprint density at radius 1 is 1.39 bits per heavy atom. The number of carbonyl (C=O) groups excluding carboxylic acids is 1. The lowest BCUT2D eigenvalue weighted by atomic mass is 10.2. The molecule has 1 aromatic heterocycles. The van der Waals surface area contributed by atoms with Crippen LogP contribution in [0.3, 0.4) is 0 Å². The summed E-state index contributed by atoms with van der Waals surface area (Å²) in [5.74, 6) is -0.207. The largest absolute Gasteiger partial charge is 0.320 e. The minimum absolute atomic E-state index is 0.0608. The molecule has 90 valence electrons. The predicted molar refractivity (Wildman–Crippen MR) is 68.9 cm³/mol. The van der Waals surface area contributed by atoms with Crippen LogP contribution >= 0.6 is 11.3 Å². The second kappa shape index (κ2) is 5.94. The summed E-state index contributed by atoms with van der Waals surface area (Å²) in [6, 6.07) is 11.6. The molecule has 0 saturated carbocycles. The highest BCUT2D eigenvalue weighted by molar-refractivity contribution is 7.07. The number of rotatable bonds is 4. The maximum Gasteiger partial charge on any atom is 0.274 e. The van der Waals surface area contributed by atoms with Crippen LogP contribution in [0.25, 0.3) is 0 Å².